The maximum Gasteiger partial charge on any atom is 0.253 e. The lowest BCUT2D eigenvalue weighted by molar-refractivity contribution is 0.0791. The van der Waals surface area contributed by atoms with Crippen LogP contribution in [0.2, 0.25) is 10.0 Å². The van der Waals surface area contributed by atoms with Gasteiger partial charge in [0, 0.05) is 36.3 Å². The highest BCUT2D eigenvalue weighted by Crippen LogP contribution is 2.24. The van der Waals surface area contributed by atoms with Crippen LogP contribution in [0, 0.1) is 5.41 Å². The van der Waals surface area contributed by atoms with Crippen molar-refractivity contribution in [2.45, 2.75) is 19.5 Å². The van der Waals surface area contributed by atoms with Crippen molar-refractivity contribution in [3.8, 4) is 11.5 Å². The molecule has 9 heteroatoms. The van der Waals surface area contributed by atoms with Gasteiger partial charge in [-0.15, -0.1) is 0 Å². The number of para-hydroxylation sites is 2. The zero-order valence-corrected chi connectivity index (χ0v) is 23.9. The number of hydrogen-bond donors (Lipinski definition) is 1. The number of Topliss-reactive ketones (excluding diaryl/α,β-unsaturated/α-hetero) is 1. The molecule has 41 heavy (non-hydrogen) atoms. The summed E-state index contributed by atoms with van der Waals surface area (Å²) < 4.78 is 9.27. The molecule has 0 bridgehead atoms. The maximum atomic E-state index is 13.0. The normalized spacial score (nSPS) is 11.0. The first-order valence-electron chi connectivity index (χ1n) is 13.1. The molecule has 208 valence electrons. The molecule has 0 spiro atoms. The molecular weight excluding hydrogens is 559 g/mol. The predicted octanol–water partition coefficient (Wildman–Crippen LogP) is 7.07. The molecular formula is C32H28Cl2N4O3. The molecule has 5 rings (SSSR count). The number of nitrogens with one attached hydrogen (secondary N) is 1. The summed E-state index contributed by atoms with van der Waals surface area (Å²) in [6, 6.07) is 28.6. The second-order valence-electron chi connectivity index (χ2n) is 9.62. The van der Waals surface area contributed by atoms with E-state index in [1.165, 1.54) is 0 Å². The quantitative estimate of drug-likeness (QED) is 0.178. The van der Waals surface area contributed by atoms with Gasteiger partial charge in [-0.1, -0.05) is 47.5 Å². The fraction of sp³-hybridized carbons (Fsp3) is 0.156. The number of carbonyl (C=O) groups is 2. The summed E-state index contributed by atoms with van der Waals surface area (Å²) in [5.41, 5.74) is 2.63. The Morgan fingerprint density at radius 2 is 1.46 bits per heavy atom. The molecule has 0 aliphatic heterocycles. The second kappa shape index (κ2) is 12.5. The van der Waals surface area contributed by atoms with Gasteiger partial charge in [-0.25, -0.2) is 0 Å². The Morgan fingerprint density at radius 1 is 0.805 bits per heavy atom. The van der Waals surface area contributed by atoms with Gasteiger partial charge in [0.1, 0.15) is 11.5 Å². The van der Waals surface area contributed by atoms with E-state index in [9.17, 15) is 9.59 Å². The summed E-state index contributed by atoms with van der Waals surface area (Å²) in [4.78, 5) is 27.7. The summed E-state index contributed by atoms with van der Waals surface area (Å²) in [6.45, 7) is 0.906. The molecule has 7 nitrogen and oxygen atoms in total. The van der Waals surface area contributed by atoms with Crippen molar-refractivity contribution in [2.24, 2.45) is 0 Å². The molecule has 0 aliphatic carbocycles. The lowest BCUT2D eigenvalue weighted by atomic mass is 10.1. The van der Waals surface area contributed by atoms with E-state index in [4.69, 9.17) is 33.3 Å². The number of aryl methyl sites for hydroxylation is 1. The third-order valence-electron chi connectivity index (χ3n) is 6.81. The minimum atomic E-state index is -0.135. The molecule has 0 atom stereocenters. The van der Waals surface area contributed by atoms with E-state index in [0.29, 0.717) is 57.5 Å². The number of halogens is 2. The molecule has 0 unspecified atom stereocenters. The zero-order valence-electron chi connectivity index (χ0n) is 22.4. The Morgan fingerprint density at radius 3 is 2.17 bits per heavy atom. The zero-order chi connectivity index (χ0) is 28.9. The van der Waals surface area contributed by atoms with Crippen LogP contribution < -0.4 is 10.4 Å². The molecule has 1 amide bonds. The molecule has 5 aromatic rings. The molecule has 0 radical (unpaired) electrons. The summed E-state index contributed by atoms with van der Waals surface area (Å²) in [6.07, 6.45) is 0.587. The van der Waals surface area contributed by atoms with Gasteiger partial charge in [-0.05, 0) is 79.2 Å². The van der Waals surface area contributed by atoms with Crippen molar-refractivity contribution in [2.75, 3.05) is 13.6 Å². The number of amides is 1. The molecule has 1 aromatic heterocycles. The third-order valence-corrected chi connectivity index (χ3v) is 7.36. The first-order valence-corrected chi connectivity index (χ1v) is 13.9. The summed E-state index contributed by atoms with van der Waals surface area (Å²) in [7, 11) is 1.75. The minimum absolute atomic E-state index is 0.00726. The van der Waals surface area contributed by atoms with Crippen LogP contribution in [0.5, 0.6) is 11.5 Å². The first-order chi connectivity index (χ1) is 19.8. The van der Waals surface area contributed by atoms with Gasteiger partial charge in [-0.3, -0.25) is 15.0 Å². The fourth-order valence-electron chi connectivity index (χ4n) is 4.68. The first kappa shape index (κ1) is 28.2. The SMILES string of the molecule is CN(CCCn1c(=N)n(CC(=O)c2ccc(Cl)cc2)c2cccc(Cl)c21)C(=O)c1ccc(Oc2ccccc2)cc1. The number of carbonyl (C=O) groups excluding carboxylic acids is 2. The lowest BCUT2D eigenvalue weighted by Gasteiger charge is -2.18. The van der Waals surface area contributed by atoms with Crippen LogP contribution in [0.4, 0.5) is 0 Å². The molecule has 0 fully saturated rings. The number of aromatic nitrogens is 2. The number of ether oxygens (including phenoxy) is 1. The van der Waals surface area contributed by atoms with Gasteiger partial charge >= 0.3 is 0 Å². The highest BCUT2D eigenvalue weighted by atomic mass is 35.5. The van der Waals surface area contributed by atoms with Gasteiger partial charge < -0.3 is 18.8 Å². The molecule has 0 aliphatic rings. The molecule has 4 aromatic carbocycles. The van der Waals surface area contributed by atoms with Gasteiger partial charge in [0.2, 0.25) is 5.62 Å². The van der Waals surface area contributed by atoms with Crippen molar-refractivity contribution < 1.29 is 14.3 Å². The highest BCUT2D eigenvalue weighted by molar-refractivity contribution is 6.35. The second-order valence-corrected chi connectivity index (χ2v) is 10.5. The maximum absolute atomic E-state index is 13.0. The monoisotopic (exact) mass is 586 g/mol. The predicted molar refractivity (Wildman–Crippen MR) is 161 cm³/mol. The minimum Gasteiger partial charge on any atom is -0.457 e. The van der Waals surface area contributed by atoms with Crippen molar-refractivity contribution in [1.29, 1.82) is 5.41 Å². The fourth-order valence-corrected chi connectivity index (χ4v) is 5.08. The highest BCUT2D eigenvalue weighted by Gasteiger charge is 2.18. The number of imidazole rings is 1. The standard InChI is InChI=1S/C32H28Cl2N4O3/c1-36(31(40)23-13-17-26(18-14-23)41-25-7-3-2-4-8-25)19-6-20-37-30-27(34)9-5-10-28(30)38(32(37)35)21-29(39)22-11-15-24(33)16-12-22/h2-5,7-18,35H,6,19-21H2,1H3. The number of rotatable bonds is 10. The Balaban J connectivity index is 1.26. The summed E-state index contributed by atoms with van der Waals surface area (Å²) >= 11 is 12.5. The van der Waals surface area contributed by atoms with Crippen LogP contribution in [-0.2, 0) is 13.1 Å². The number of benzene rings is 4. The Labute approximate surface area is 247 Å². The largest absolute Gasteiger partial charge is 0.457 e. The Hall–Kier alpha value is -4.33. The van der Waals surface area contributed by atoms with Crippen LogP contribution >= 0.6 is 23.2 Å². The smallest absolute Gasteiger partial charge is 0.253 e. The summed E-state index contributed by atoms with van der Waals surface area (Å²) in [5.74, 6) is 1.13. The Bertz CT molecular complexity index is 1740. The van der Waals surface area contributed by atoms with Gasteiger partial charge in [0.25, 0.3) is 5.91 Å². The molecule has 1 heterocycles. The van der Waals surface area contributed by atoms with Gasteiger partial charge in [0.05, 0.1) is 22.6 Å². The number of nitrogens with zero attached hydrogens (tertiary/aromatic N) is 3. The van der Waals surface area contributed by atoms with Crippen molar-refractivity contribution in [3.63, 3.8) is 0 Å². The topological polar surface area (TPSA) is 80.3 Å². The van der Waals surface area contributed by atoms with Gasteiger partial charge in [0.15, 0.2) is 5.78 Å². The van der Waals surface area contributed by atoms with E-state index >= 15 is 0 Å². The van der Waals surface area contributed by atoms with Crippen LogP contribution in [0.15, 0.2) is 97.1 Å². The van der Waals surface area contributed by atoms with E-state index in [2.05, 4.69) is 0 Å². The van der Waals surface area contributed by atoms with E-state index in [-0.39, 0.29) is 23.9 Å². The van der Waals surface area contributed by atoms with E-state index in [0.717, 1.165) is 5.75 Å². The van der Waals surface area contributed by atoms with E-state index < -0.39 is 0 Å². The van der Waals surface area contributed by atoms with Crippen molar-refractivity contribution >= 4 is 45.9 Å². The number of hydrogen-bond acceptors (Lipinski definition) is 4. The van der Waals surface area contributed by atoms with E-state index in [1.54, 1.807) is 81.7 Å². The molecule has 0 saturated carbocycles. The molecule has 0 saturated heterocycles. The average Bonchev–Trinajstić information content (AvgIpc) is 3.25. The van der Waals surface area contributed by atoms with Crippen molar-refractivity contribution in [1.82, 2.24) is 14.0 Å². The van der Waals surface area contributed by atoms with Crippen LogP contribution in [0.3, 0.4) is 0 Å². The van der Waals surface area contributed by atoms with Crippen molar-refractivity contribution in [3.05, 3.63) is 124 Å². The van der Waals surface area contributed by atoms with Crippen LogP contribution in [0.25, 0.3) is 11.0 Å². The number of fused-ring (bicyclic) bond motifs is 1. The number of ketones is 1. The third kappa shape index (κ3) is 6.37. The van der Waals surface area contributed by atoms with Gasteiger partial charge in [-0.2, -0.15) is 0 Å². The Kier molecular flexibility index (Phi) is 8.57. The summed E-state index contributed by atoms with van der Waals surface area (Å²) in [5, 5.41) is 9.92. The van der Waals surface area contributed by atoms with Crippen LogP contribution in [0.1, 0.15) is 27.1 Å². The van der Waals surface area contributed by atoms with Crippen LogP contribution in [-0.4, -0.2) is 39.3 Å². The molecule has 1 N–H and O–H groups in total. The van der Waals surface area contributed by atoms with E-state index in [1.807, 2.05) is 36.4 Å². The lowest BCUT2D eigenvalue weighted by Crippen LogP contribution is -2.30. The average molecular weight is 588 g/mol.